The van der Waals surface area contributed by atoms with Crippen molar-refractivity contribution in [2.75, 3.05) is 6.61 Å². The van der Waals surface area contributed by atoms with Gasteiger partial charge in [0.15, 0.2) is 6.29 Å². The van der Waals surface area contributed by atoms with E-state index in [1.165, 1.54) is 12.5 Å². The number of esters is 1. The third-order valence-electron chi connectivity index (χ3n) is 9.28. The smallest absolute Gasteiger partial charge is 0.331 e. The van der Waals surface area contributed by atoms with Gasteiger partial charge in [-0.05, 0) is 43.1 Å². The standard InChI is InChI=1S/C26H34O11/c1-25(14-8-18(37-23(14)33)26(2)13(22(31)32)4-3-5-17(25)26)9-15(12-6-7-34-11-12)35-24-21(30)20(29)19(28)16(10-27)36-24/h4,6-7,11,14-21,24,27-30H,3,5,8-10H2,1-2H3,(H,31,32)/t14?,15?,16?,17-,18?,19?,20?,21?,24?,25?,26?/m0/s1. The zero-order chi connectivity index (χ0) is 26.7. The molecule has 0 amide bonds. The normalized spacial score (nSPS) is 44.1. The van der Waals surface area contributed by atoms with Gasteiger partial charge in [0.1, 0.15) is 30.5 Å². The lowest BCUT2D eigenvalue weighted by molar-refractivity contribution is -0.315. The van der Waals surface area contributed by atoms with Crippen LogP contribution in [0.5, 0.6) is 0 Å². The van der Waals surface area contributed by atoms with Crippen LogP contribution in [0.4, 0.5) is 0 Å². The summed E-state index contributed by atoms with van der Waals surface area (Å²) in [7, 11) is 0. The fourth-order valence-electron chi connectivity index (χ4n) is 7.29. The Morgan fingerprint density at radius 3 is 2.62 bits per heavy atom. The number of allylic oxidation sites excluding steroid dienone is 1. The van der Waals surface area contributed by atoms with Gasteiger partial charge in [-0.15, -0.1) is 0 Å². The van der Waals surface area contributed by atoms with Gasteiger partial charge in [0, 0.05) is 16.6 Å². The van der Waals surface area contributed by atoms with Crippen LogP contribution in [0.15, 0.2) is 34.7 Å². The van der Waals surface area contributed by atoms with E-state index in [9.17, 15) is 35.1 Å². The average molecular weight is 523 g/mol. The Bertz CT molecular complexity index is 1050. The second kappa shape index (κ2) is 9.48. The number of furan rings is 1. The molecule has 37 heavy (non-hydrogen) atoms. The van der Waals surface area contributed by atoms with Crippen LogP contribution in [0.1, 0.15) is 51.2 Å². The largest absolute Gasteiger partial charge is 0.478 e. The van der Waals surface area contributed by atoms with Crippen LogP contribution in [-0.4, -0.2) is 80.9 Å². The molecule has 2 bridgehead atoms. The molecule has 0 radical (unpaired) electrons. The topological polar surface area (TPSA) is 176 Å². The summed E-state index contributed by atoms with van der Waals surface area (Å²) in [6.07, 6.45) is -2.13. The SMILES string of the molecule is CC1(CC(OC2OC(CO)C(O)C(O)C2O)c2ccoc2)C2CC(OC2=O)C2(C)C(C(=O)O)=CCC[C@@H]12. The van der Waals surface area contributed by atoms with Gasteiger partial charge in [-0.1, -0.05) is 19.9 Å². The van der Waals surface area contributed by atoms with Crippen molar-refractivity contribution in [1.29, 1.82) is 0 Å². The number of carbonyl (C=O) groups excluding carboxylic acids is 1. The summed E-state index contributed by atoms with van der Waals surface area (Å²) in [5.74, 6) is -2.11. The summed E-state index contributed by atoms with van der Waals surface area (Å²) in [6.45, 7) is 3.22. The number of hydrogen-bond donors (Lipinski definition) is 5. The highest BCUT2D eigenvalue weighted by molar-refractivity contribution is 5.89. The third kappa shape index (κ3) is 4.03. The van der Waals surface area contributed by atoms with Crippen LogP contribution >= 0.6 is 0 Å². The number of aliphatic carboxylic acids is 1. The van der Waals surface area contributed by atoms with Crippen LogP contribution in [0.3, 0.4) is 0 Å². The van der Waals surface area contributed by atoms with E-state index in [2.05, 4.69) is 0 Å². The lowest BCUT2D eigenvalue weighted by Gasteiger charge is -2.56. The zero-order valence-corrected chi connectivity index (χ0v) is 20.7. The van der Waals surface area contributed by atoms with Gasteiger partial charge in [0.05, 0.1) is 31.2 Å². The number of fused-ring (bicyclic) bond motifs is 4. The molecular formula is C26H34O11. The summed E-state index contributed by atoms with van der Waals surface area (Å²) in [5.41, 5.74) is -0.809. The Morgan fingerprint density at radius 2 is 1.97 bits per heavy atom. The summed E-state index contributed by atoms with van der Waals surface area (Å²) in [5, 5.41) is 50.6. The highest BCUT2D eigenvalue weighted by Crippen LogP contribution is 2.66. The number of carboxylic acids is 1. The first-order chi connectivity index (χ1) is 17.5. The first-order valence-corrected chi connectivity index (χ1v) is 12.6. The van der Waals surface area contributed by atoms with Gasteiger partial charge >= 0.3 is 11.9 Å². The monoisotopic (exact) mass is 522 g/mol. The van der Waals surface area contributed by atoms with E-state index in [1.54, 1.807) is 12.1 Å². The van der Waals surface area contributed by atoms with Crippen molar-refractivity contribution < 1.29 is 53.7 Å². The molecular weight excluding hydrogens is 488 g/mol. The maximum absolute atomic E-state index is 13.1. The molecule has 3 heterocycles. The maximum Gasteiger partial charge on any atom is 0.331 e. The molecule has 11 nitrogen and oxygen atoms in total. The minimum Gasteiger partial charge on any atom is -0.478 e. The number of carboxylic acid groups (broad SMARTS) is 1. The second-order valence-corrected chi connectivity index (χ2v) is 11.1. The molecule has 3 fully saturated rings. The van der Waals surface area contributed by atoms with Crippen LogP contribution in [0, 0.1) is 22.7 Å². The number of rotatable bonds is 7. The molecule has 204 valence electrons. The molecule has 0 spiro atoms. The molecule has 5 rings (SSSR count). The Balaban J connectivity index is 1.50. The van der Waals surface area contributed by atoms with Gasteiger partial charge in [-0.3, -0.25) is 4.79 Å². The van der Waals surface area contributed by atoms with E-state index in [1.807, 2.05) is 13.8 Å². The van der Waals surface area contributed by atoms with Crippen molar-refractivity contribution in [3.63, 3.8) is 0 Å². The first kappa shape index (κ1) is 26.3. The second-order valence-electron chi connectivity index (χ2n) is 11.1. The van der Waals surface area contributed by atoms with E-state index in [0.29, 0.717) is 24.8 Å². The zero-order valence-electron chi connectivity index (χ0n) is 20.7. The highest BCUT2D eigenvalue weighted by Gasteiger charge is 2.67. The predicted octanol–water partition coefficient (Wildman–Crippen LogP) is 0.906. The highest BCUT2D eigenvalue weighted by atomic mass is 16.7. The minimum absolute atomic E-state index is 0.223. The molecule has 4 aliphatic rings. The number of carbonyl (C=O) groups is 2. The summed E-state index contributed by atoms with van der Waals surface area (Å²) < 4.78 is 22.8. The van der Waals surface area contributed by atoms with Crippen molar-refractivity contribution in [3.8, 4) is 0 Å². The quantitative estimate of drug-likeness (QED) is 0.322. The van der Waals surface area contributed by atoms with E-state index < -0.39 is 72.2 Å². The number of aliphatic hydroxyl groups excluding tert-OH is 4. The summed E-state index contributed by atoms with van der Waals surface area (Å²) in [4.78, 5) is 25.4. The van der Waals surface area contributed by atoms with Gasteiger partial charge in [-0.25, -0.2) is 4.79 Å². The predicted molar refractivity (Wildman–Crippen MR) is 124 cm³/mol. The van der Waals surface area contributed by atoms with Crippen molar-refractivity contribution in [1.82, 2.24) is 0 Å². The molecule has 11 heteroatoms. The average Bonchev–Trinajstić information content (AvgIpc) is 3.53. The van der Waals surface area contributed by atoms with Gasteiger partial charge in [-0.2, -0.15) is 0 Å². The Kier molecular flexibility index (Phi) is 6.74. The molecule has 1 saturated carbocycles. The third-order valence-corrected chi connectivity index (χ3v) is 9.28. The number of hydrogen-bond acceptors (Lipinski definition) is 10. The molecule has 1 aromatic rings. The van der Waals surface area contributed by atoms with E-state index in [0.717, 1.165) is 0 Å². The van der Waals surface area contributed by atoms with Crippen molar-refractivity contribution >= 4 is 11.9 Å². The van der Waals surface area contributed by atoms with Gasteiger partial charge in [0.25, 0.3) is 0 Å². The molecule has 5 N–H and O–H groups in total. The molecule has 2 aliphatic heterocycles. The number of aliphatic hydroxyl groups is 4. The first-order valence-electron chi connectivity index (χ1n) is 12.6. The van der Waals surface area contributed by atoms with Crippen LogP contribution < -0.4 is 0 Å². The Hall–Kier alpha value is -2.28. The lowest BCUT2D eigenvalue weighted by Crippen LogP contribution is -2.59. The van der Waals surface area contributed by atoms with E-state index >= 15 is 0 Å². The van der Waals surface area contributed by atoms with Gasteiger partial charge in [0.2, 0.25) is 0 Å². The van der Waals surface area contributed by atoms with Crippen LogP contribution in [-0.2, 0) is 23.8 Å². The fraction of sp³-hybridized carbons (Fsp3) is 0.692. The molecule has 0 aromatic carbocycles. The molecule has 2 aliphatic carbocycles. The lowest BCUT2D eigenvalue weighted by atomic mass is 9.46. The van der Waals surface area contributed by atoms with Crippen molar-refractivity contribution in [2.45, 2.75) is 82.4 Å². The molecule has 11 atom stereocenters. The Labute approximate surface area is 213 Å². The van der Waals surface area contributed by atoms with E-state index in [-0.39, 0.29) is 23.9 Å². The molecule has 10 unspecified atom stereocenters. The van der Waals surface area contributed by atoms with Gasteiger partial charge < -0.3 is 44.2 Å². The van der Waals surface area contributed by atoms with E-state index in [4.69, 9.17) is 18.6 Å². The summed E-state index contributed by atoms with van der Waals surface area (Å²) in [6, 6.07) is 1.68. The molecule has 1 aromatic heterocycles. The minimum atomic E-state index is -1.61. The molecule has 2 saturated heterocycles. The van der Waals surface area contributed by atoms with Crippen molar-refractivity contribution in [3.05, 3.63) is 35.8 Å². The fourth-order valence-corrected chi connectivity index (χ4v) is 7.29. The Morgan fingerprint density at radius 1 is 1.22 bits per heavy atom. The maximum atomic E-state index is 13.1. The number of ether oxygens (including phenoxy) is 3. The summed E-state index contributed by atoms with van der Waals surface area (Å²) >= 11 is 0. The van der Waals surface area contributed by atoms with Crippen molar-refractivity contribution in [2.24, 2.45) is 22.7 Å². The van der Waals surface area contributed by atoms with Crippen LogP contribution in [0.2, 0.25) is 0 Å². The van der Waals surface area contributed by atoms with Crippen LogP contribution in [0.25, 0.3) is 0 Å².